The van der Waals surface area contributed by atoms with Crippen LogP contribution in [0.4, 0.5) is 0 Å². The minimum absolute atomic E-state index is 0.0432. The Labute approximate surface area is 265 Å². The lowest BCUT2D eigenvalue weighted by Gasteiger charge is -2.19. The molecule has 19 heteroatoms. The Hall–Kier alpha value is -3.73. The number of benzene rings is 1. The van der Waals surface area contributed by atoms with Gasteiger partial charge in [-0.3, -0.25) is 37.7 Å². The van der Waals surface area contributed by atoms with Gasteiger partial charge in [0.1, 0.15) is 13.0 Å². The third-order valence-electron chi connectivity index (χ3n) is 6.97. The summed E-state index contributed by atoms with van der Waals surface area (Å²) in [5.41, 5.74) is 9.22. The molecule has 2 aromatic heterocycles. The zero-order valence-electron chi connectivity index (χ0n) is 25.5. The Morgan fingerprint density at radius 3 is 2.46 bits per heavy atom. The largest absolute Gasteiger partial charge is 0.472 e. The minimum Gasteiger partial charge on any atom is -0.358 e. The highest BCUT2D eigenvalue weighted by atomic mass is 32.2. The molecule has 0 spiro atoms. The van der Waals surface area contributed by atoms with Crippen molar-refractivity contribution < 1.29 is 28.0 Å². The van der Waals surface area contributed by atoms with E-state index in [0.29, 0.717) is 17.0 Å². The highest BCUT2D eigenvalue weighted by Crippen LogP contribution is 2.44. The predicted octanol–water partition coefficient (Wildman–Crippen LogP) is 2.80. The van der Waals surface area contributed by atoms with Crippen molar-refractivity contribution in [2.75, 3.05) is 19.8 Å². The van der Waals surface area contributed by atoms with Crippen LogP contribution in [0, 0.1) is 20.8 Å². The second-order valence-electron chi connectivity index (χ2n) is 10.5. The molecule has 46 heavy (non-hydrogen) atoms. The van der Waals surface area contributed by atoms with E-state index in [1.807, 2.05) is 32.0 Å². The molecule has 4 atom stereocenters. The standard InChI is InChI=1S/C27H34N7O10PS/c1-5-19-24(36)30-27(38)34(25(19)46-18-9-15(2)8-16(3)10-18)14-41-6-7-42-45(39,40)43-13-21-20(31-32-28)11-22(44-21)33-12-17(4)23(35)29-26(33)37/h8-10,12,20-22H,5-7,11,13-14H2,1-4H3,(H,39,40)(H,29,35,37)(H,30,36,38)/t20-,21+,22+/m0/s1. The highest BCUT2D eigenvalue weighted by Gasteiger charge is 2.38. The molecular formula is C27H34N7O10PS. The van der Waals surface area contributed by atoms with Gasteiger partial charge in [0.05, 0.1) is 37.0 Å². The van der Waals surface area contributed by atoms with Gasteiger partial charge in [-0.1, -0.05) is 29.9 Å². The average molecular weight is 680 g/mol. The lowest BCUT2D eigenvalue weighted by atomic mass is 10.1. The molecule has 1 aliphatic rings. The topological polar surface area (TPSA) is 233 Å². The summed E-state index contributed by atoms with van der Waals surface area (Å²) < 4.78 is 36.3. The van der Waals surface area contributed by atoms with Crippen LogP contribution in [0.15, 0.2) is 58.6 Å². The van der Waals surface area contributed by atoms with Gasteiger partial charge in [-0.05, 0) is 56.0 Å². The number of rotatable bonds is 14. The Bertz CT molecular complexity index is 1900. The molecule has 17 nitrogen and oxygen atoms in total. The van der Waals surface area contributed by atoms with Crippen LogP contribution >= 0.6 is 19.6 Å². The van der Waals surface area contributed by atoms with Gasteiger partial charge in [0, 0.05) is 33.6 Å². The number of H-pyrrole nitrogens is 2. The molecule has 1 aromatic carbocycles. The molecule has 4 rings (SSSR count). The molecule has 0 aliphatic carbocycles. The van der Waals surface area contributed by atoms with Crippen LogP contribution in [-0.2, 0) is 36.2 Å². The van der Waals surface area contributed by atoms with Gasteiger partial charge < -0.3 is 14.4 Å². The Kier molecular flexibility index (Phi) is 11.6. The number of aromatic amines is 2. The van der Waals surface area contributed by atoms with Crippen LogP contribution < -0.4 is 22.5 Å². The van der Waals surface area contributed by atoms with Crippen LogP contribution in [0.3, 0.4) is 0 Å². The molecule has 3 heterocycles. The summed E-state index contributed by atoms with van der Waals surface area (Å²) in [7, 11) is -4.64. The van der Waals surface area contributed by atoms with Crippen molar-refractivity contribution in [1.29, 1.82) is 0 Å². The third kappa shape index (κ3) is 8.74. The molecule has 0 amide bonds. The number of nitrogens with one attached hydrogen (secondary N) is 2. The summed E-state index contributed by atoms with van der Waals surface area (Å²) in [6, 6.07) is 5.04. The van der Waals surface area contributed by atoms with E-state index in [-0.39, 0.29) is 25.3 Å². The van der Waals surface area contributed by atoms with E-state index in [2.05, 4.69) is 20.0 Å². The van der Waals surface area contributed by atoms with Crippen LogP contribution in [0.5, 0.6) is 0 Å². The SMILES string of the molecule is CCc1c(Sc2cc(C)cc(C)c2)n(COCCOP(=O)(O)OC[C@H]2O[C@@H](n3cc(C)c(=O)[nH]c3=O)C[C@@H]2N=[N+]=[N-])c(=O)[nH]c1=O. The smallest absolute Gasteiger partial charge is 0.358 e. The summed E-state index contributed by atoms with van der Waals surface area (Å²) in [6.45, 7) is 5.80. The first-order valence-corrected chi connectivity index (χ1v) is 16.5. The Morgan fingerprint density at radius 1 is 1.09 bits per heavy atom. The Morgan fingerprint density at radius 2 is 1.78 bits per heavy atom. The molecule has 248 valence electrons. The van der Waals surface area contributed by atoms with Gasteiger partial charge in [-0.15, -0.1) is 0 Å². The van der Waals surface area contributed by atoms with Gasteiger partial charge in [-0.25, -0.2) is 14.2 Å². The third-order valence-corrected chi connectivity index (χ3v) is 9.09. The average Bonchev–Trinajstić information content (AvgIpc) is 3.37. The summed E-state index contributed by atoms with van der Waals surface area (Å²) in [6.07, 6.45) is -0.223. The van der Waals surface area contributed by atoms with Crippen LogP contribution in [-0.4, -0.2) is 56.0 Å². The van der Waals surface area contributed by atoms with Gasteiger partial charge in [-0.2, -0.15) is 0 Å². The molecule has 0 saturated carbocycles. The molecule has 1 aliphatic heterocycles. The zero-order chi connectivity index (χ0) is 33.6. The van der Waals surface area contributed by atoms with Gasteiger partial charge in [0.25, 0.3) is 11.1 Å². The lowest BCUT2D eigenvalue weighted by Crippen LogP contribution is -2.34. The maximum absolute atomic E-state index is 12.7. The van der Waals surface area contributed by atoms with E-state index in [4.69, 9.17) is 24.1 Å². The van der Waals surface area contributed by atoms with Crippen molar-refractivity contribution in [2.45, 2.75) is 75.6 Å². The van der Waals surface area contributed by atoms with Crippen LogP contribution in [0.2, 0.25) is 0 Å². The number of azide groups is 1. The van der Waals surface area contributed by atoms with Crippen LogP contribution in [0.1, 0.15) is 41.8 Å². The van der Waals surface area contributed by atoms with E-state index in [9.17, 15) is 28.6 Å². The van der Waals surface area contributed by atoms with Gasteiger partial charge >= 0.3 is 19.2 Å². The first-order chi connectivity index (χ1) is 21.8. The van der Waals surface area contributed by atoms with Gasteiger partial charge in [0.15, 0.2) is 0 Å². The van der Waals surface area contributed by atoms with Crippen molar-refractivity contribution in [3.63, 3.8) is 0 Å². The predicted molar refractivity (Wildman–Crippen MR) is 166 cm³/mol. The van der Waals surface area contributed by atoms with Crippen molar-refractivity contribution in [3.8, 4) is 0 Å². The van der Waals surface area contributed by atoms with E-state index >= 15 is 0 Å². The van der Waals surface area contributed by atoms with E-state index in [1.54, 1.807) is 6.92 Å². The molecule has 3 N–H and O–H groups in total. The lowest BCUT2D eigenvalue weighted by molar-refractivity contribution is -0.0300. The summed E-state index contributed by atoms with van der Waals surface area (Å²) >= 11 is 1.26. The summed E-state index contributed by atoms with van der Waals surface area (Å²) in [4.78, 5) is 67.5. The summed E-state index contributed by atoms with van der Waals surface area (Å²) in [5, 5.41) is 4.06. The van der Waals surface area contributed by atoms with E-state index < -0.39 is 61.9 Å². The summed E-state index contributed by atoms with van der Waals surface area (Å²) in [5.74, 6) is 0. The Balaban J connectivity index is 1.35. The second kappa shape index (κ2) is 15.2. The zero-order valence-corrected chi connectivity index (χ0v) is 27.2. The number of phosphoric acid groups is 1. The molecule has 3 aromatic rings. The number of phosphoric ester groups is 1. The highest BCUT2D eigenvalue weighted by molar-refractivity contribution is 7.99. The molecule has 1 saturated heterocycles. The maximum atomic E-state index is 12.7. The fourth-order valence-electron chi connectivity index (χ4n) is 4.84. The number of hydrogen-bond acceptors (Lipinski definition) is 11. The number of hydrogen-bond donors (Lipinski definition) is 3. The molecule has 0 bridgehead atoms. The number of aryl methyl sites for hydroxylation is 3. The second-order valence-corrected chi connectivity index (χ2v) is 13.0. The fourth-order valence-corrected chi connectivity index (χ4v) is 6.87. The first kappa shape index (κ1) is 35.1. The van der Waals surface area contributed by atoms with E-state index in [1.165, 1.54) is 29.4 Å². The maximum Gasteiger partial charge on any atom is 0.472 e. The van der Waals surface area contributed by atoms with Crippen molar-refractivity contribution in [3.05, 3.63) is 98.8 Å². The monoisotopic (exact) mass is 679 g/mol. The van der Waals surface area contributed by atoms with Gasteiger partial charge in [0.2, 0.25) is 0 Å². The van der Waals surface area contributed by atoms with Crippen molar-refractivity contribution >= 4 is 19.6 Å². The van der Waals surface area contributed by atoms with E-state index in [0.717, 1.165) is 20.6 Å². The van der Waals surface area contributed by atoms with Crippen LogP contribution in [0.25, 0.3) is 10.4 Å². The van der Waals surface area contributed by atoms with Crippen molar-refractivity contribution in [2.24, 2.45) is 5.11 Å². The number of ether oxygens (including phenoxy) is 2. The number of aromatic nitrogens is 4. The molecular weight excluding hydrogens is 645 g/mol. The molecule has 1 unspecified atom stereocenters. The quantitative estimate of drug-likeness (QED) is 0.0560. The van der Waals surface area contributed by atoms with Crippen molar-refractivity contribution in [1.82, 2.24) is 19.1 Å². The number of nitrogens with zero attached hydrogens (tertiary/aromatic N) is 5. The normalized spacial score (nSPS) is 19.1. The minimum atomic E-state index is -4.64. The molecule has 0 radical (unpaired) electrons. The first-order valence-electron chi connectivity index (χ1n) is 14.1. The molecule has 1 fully saturated rings. The fraction of sp³-hybridized carbons (Fsp3) is 0.481.